The van der Waals surface area contributed by atoms with Crippen molar-refractivity contribution in [3.8, 4) is 0 Å². The molecule has 0 aromatic heterocycles. The van der Waals surface area contributed by atoms with E-state index < -0.39 is 28.9 Å². The van der Waals surface area contributed by atoms with Gasteiger partial charge in [0.05, 0.1) is 20.3 Å². The monoisotopic (exact) mass is 777 g/mol. The molecular weight excluding hydrogens is 738 g/mol. The van der Waals surface area contributed by atoms with Crippen LogP contribution in [0.4, 0.5) is 38.5 Å². The van der Waals surface area contributed by atoms with Gasteiger partial charge in [0.25, 0.3) is 0 Å². The summed E-state index contributed by atoms with van der Waals surface area (Å²) < 4.78 is 61.4. The van der Waals surface area contributed by atoms with Gasteiger partial charge >= 0.3 is 12.1 Å². The zero-order valence-corrected chi connectivity index (χ0v) is 29.9. The van der Waals surface area contributed by atoms with Crippen molar-refractivity contribution in [2.75, 3.05) is 62.2 Å². The van der Waals surface area contributed by atoms with E-state index in [4.69, 9.17) is 4.74 Å². The van der Waals surface area contributed by atoms with Crippen molar-refractivity contribution in [1.29, 1.82) is 0 Å². The maximum atomic E-state index is 14.2. The molecule has 0 bridgehead atoms. The highest BCUT2D eigenvalue weighted by Crippen LogP contribution is 2.31. The molecule has 0 aliphatic carbocycles. The molecule has 0 unspecified atom stereocenters. The van der Waals surface area contributed by atoms with E-state index in [2.05, 4.69) is 31.9 Å². The highest BCUT2D eigenvalue weighted by molar-refractivity contribution is 9.10. The van der Waals surface area contributed by atoms with Gasteiger partial charge in [-0.05, 0) is 104 Å². The highest BCUT2D eigenvalue weighted by atomic mass is 79.9. The van der Waals surface area contributed by atoms with Crippen LogP contribution in [0.5, 0.6) is 0 Å². The molecule has 3 aliphatic heterocycles. The molecule has 5 rings (SSSR count). The summed E-state index contributed by atoms with van der Waals surface area (Å²) in [7, 11) is 0. The molecule has 2 aromatic carbocycles. The van der Waals surface area contributed by atoms with Gasteiger partial charge in [0, 0.05) is 64.4 Å². The lowest BCUT2D eigenvalue weighted by atomic mass is 10.1. The Hall–Kier alpha value is -2.74. The van der Waals surface area contributed by atoms with Crippen LogP contribution in [0.3, 0.4) is 0 Å². The van der Waals surface area contributed by atoms with Gasteiger partial charge in [-0.15, -0.1) is 0 Å². The molecule has 3 amide bonds. The van der Waals surface area contributed by atoms with Crippen LogP contribution in [0.15, 0.2) is 33.2 Å². The Morgan fingerprint density at radius 2 is 1.11 bits per heavy atom. The molecule has 46 heavy (non-hydrogen) atoms. The second-order valence-electron chi connectivity index (χ2n) is 12.8. The second kappa shape index (κ2) is 15.0. The Balaban J connectivity index is 0.000000209. The first-order valence-electron chi connectivity index (χ1n) is 15.4. The van der Waals surface area contributed by atoms with Gasteiger partial charge in [-0.25, -0.2) is 27.2 Å². The van der Waals surface area contributed by atoms with Gasteiger partial charge in [-0.1, -0.05) is 0 Å². The number of nitrogens with zero attached hydrogens (tertiary/aromatic N) is 5. The van der Waals surface area contributed by atoms with Gasteiger partial charge in [0.2, 0.25) is 0 Å². The summed E-state index contributed by atoms with van der Waals surface area (Å²) >= 11 is 5.97. The molecule has 8 nitrogen and oxygen atoms in total. The summed E-state index contributed by atoms with van der Waals surface area (Å²) in [5.74, 6) is -3.49. The Labute approximate surface area is 284 Å². The maximum absolute atomic E-state index is 14.2. The normalized spacial score (nSPS) is 20.5. The van der Waals surface area contributed by atoms with Gasteiger partial charge in [-0.3, -0.25) is 0 Å². The van der Waals surface area contributed by atoms with Crippen molar-refractivity contribution in [3.63, 3.8) is 0 Å². The molecule has 3 saturated heterocycles. The van der Waals surface area contributed by atoms with Crippen LogP contribution in [0, 0.1) is 23.3 Å². The van der Waals surface area contributed by atoms with E-state index in [-0.39, 0.29) is 44.5 Å². The summed E-state index contributed by atoms with van der Waals surface area (Å²) in [6.07, 6.45) is 1.74. The molecule has 3 aliphatic rings. The fourth-order valence-corrected chi connectivity index (χ4v) is 6.49. The van der Waals surface area contributed by atoms with Crippen molar-refractivity contribution in [2.24, 2.45) is 0 Å². The van der Waals surface area contributed by atoms with Crippen LogP contribution >= 0.6 is 31.9 Å². The number of carbonyl (C=O) groups excluding carboxylic acids is 2. The summed E-state index contributed by atoms with van der Waals surface area (Å²) in [6, 6.07) is 5.98. The van der Waals surface area contributed by atoms with Crippen molar-refractivity contribution in [2.45, 2.75) is 65.1 Å². The minimum atomic E-state index is -0.899. The number of likely N-dealkylation sites (tertiary alicyclic amines) is 1. The number of piperazine rings is 2. The summed E-state index contributed by atoms with van der Waals surface area (Å²) in [5.41, 5.74) is -0.0909. The molecule has 0 saturated carbocycles. The third-order valence-electron chi connectivity index (χ3n) is 8.20. The van der Waals surface area contributed by atoms with E-state index in [0.29, 0.717) is 39.3 Å². The Morgan fingerprint density at radius 1 is 0.674 bits per heavy atom. The van der Waals surface area contributed by atoms with Crippen molar-refractivity contribution in [3.05, 3.63) is 56.5 Å². The summed E-state index contributed by atoms with van der Waals surface area (Å²) in [5, 5.41) is 0. The first kappa shape index (κ1) is 36.1. The molecule has 2 aromatic rings. The Bertz CT molecular complexity index is 1420. The molecule has 2 atom stereocenters. The zero-order valence-electron chi connectivity index (χ0n) is 26.8. The molecule has 3 fully saturated rings. The van der Waals surface area contributed by atoms with Crippen molar-refractivity contribution >= 4 is 55.4 Å². The molecule has 0 spiro atoms. The minimum Gasteiger partial charge on any atom is -0.444 e. The quantitative estimate of drug-likeness (QED) is 0.232. The van der Waals surface area contributed by atoms with E-state index in [1.165, 1.54) is 12.1 Å². The number of carbonyl (C=O) groups is 2. The molecule has 3 heterocycles. The van der Waals surface area contributed by atoms with Crippen molar-refractivity contribution in [1.82, 2.24) is 14.7 Å². The average Bonchev–Trinajstić information content (AvgIpc) is 3.54. The first-order valence-corrected chi connectivity index (χ1v) is 17.0. The second-order valence-corrected chi connectivity index (χ2v) is 14.5. The highest BCUT2D eigenvalue weighted by Gasteiger charge is 2.33. The average molecular weight is 780 g/mol. The molecule has 254 valence electrons. The van der Waals surface area contributed by atoms with Crippen LogP contribution in [0.1, 0.15) is 47.5 Å². The number of hydrogen-bond acceptors (Lipinski definition) is 5. The number of rotatable bonds is 2. The standard InChI is InChI=1S/C16H20BrF2N3O.C16H21BrF2N2O2/c1-11-10-21(16(23)20-6-2-3-7-20)8-9-22(11)13-5-4-12(17)14(18)15(13)19;1-10-9-20(15(22)23-16(2,3)4)7-8-21(10)12-6-5-11(17)13(18)14(12)19/h4-5,11H,2-3,6-10H2,1H3;5-6,10H,7-9H2,1-4H3/t11-;10-/m11/s1. The fourth-order valence-electron chi connectivity index (χ4n) is 5.88. The Kier molecular flexibility index (Phi) is 11.8. The van der Waals surface area contributed by atoms with Gasteiger partial charge < -0.3 is 29.2 Å². The lowest BCUT2D eigenvalue weighted by Gasteiger charge is -2.42. The molecule has 14 heteroatoms. The number of hydrogen-bond donors (Lipinski definition) is 0. The Morgan fingerprint density at radius 3 is 1.54 bits per heavy atom. The van der Waals surface area contributed by atoms with Crippen LogP contribution < -0.4 is 9.80 Å². The molecule has 0 N–H and O–H groups in total. The topological polar surface area (TPSA) is 59.6 Å². The lowest BCUT2D eigenvalue weighted by molar-refractivity contribution is 0.0218. The predicted molar refractivity (Wildman–Crippen MR) is 177 cm³/mol. The number of benzene rings is 2. The predicted octanol–water partition coefficient (Wildman–Crippen LogP) is 7.63. The van der Waals surface area contributed by atoms with Gasteiger partial charge in [0.1, 0.15) is 5.60 Å². The number of ether oxygens (including phenoxy) is 1. The van der Waals surface area contributed by atoms with Crippen LogP contribution in [0.25, 0.3) is 0 Å². The number of urea groups is 1. The SMILES string of the molecule is C[C@@H]1CN(C(=O)N2CCCC2)CCN1c1ccc(Br)c(F)c1F.C[C@@H]1CN(C(=O)OC(C)(C)C)CCN1c1ccc(Br)c(F)c1F. The molecule has 0 radical (unpaired) electrons. The first-order chi connectivity index (χ1) is 21.6. The lowest BCUT2D eigenvalue weighted by Crippen LogP contribution is -2.56. The van der Waals surface area contributed by atoms with E-state index >= 15 is 0 Å². The maximum Gasteiger partial charge on any atom is 0.410 e. The number of amides is 3. The van der Waals surface area contributed by atoms with Crippen LogP contribution in [-0.2, 0) is 4.74 Å². The minimum absolute atomic E-state index is 0.0645. The van der Waals surface area contributed by atoms with E-state index in [1.54, 1.807) is 21.9 Å². The number of halogens is 6. The van der Waals surface area contributed by atoms with Crippen LogP contribution in [0.2, 0.25) is 0 Å². The smallest absolute Gasteiger partial charge is 0.410 e. The largest absolute Gasteiger partial charge is 0.444 e. The third kappa shape index (κ3) is 8.39. The fraction of sp³-hybridized carbons (Fsp3) is 0.562. The summed E-state index contributed by atoms with van der Waals surface area (Å²) in [6.45, 7) is 13.6. The van der Waals surface area contributed by atoms with Crippen LogP contribution in [-0.4, -0.2) is 96.9 Å². The van der Waals surface area contributed by atoms with Gasteiger partial charge in [-0.2, -0.15) is 0 Å². The van der Waals surface area contributed by atoms with E-state index in [1.807, 2.05) is 49.3 Å². The summed E-state index contributed by atoms with van der Waals surface area (Å²) in [4.78, 5) is 33.5. The van der Waals surface area contributed by atoms with E-state index in [0.717, 1.165) is 25.9 Å². The van der Waals surface area contributed by atoms with Gasteiger partial charge in [0.15, 0.2) is 23.3 Å². The number of anilines is 2. The molecular formula is C32H41Br2F4N5O3. The third-order valence-corrected chi connectivity index (χ3v) is 9.43. The zero-order chi connectivity index (χ0) is 33.9. The van der Waals surface area contributed by atoms with Crippen molar-refractivity contribution < 1.29 is 31.9 Å². The van der Waals surface area contributed by atoms with E-state index in [9.17, 15) is 27.2 Å².